The van der Waals surface area contributed by atoms with E-state index < -0.39 is 0 Å². The number of ether oxygens (including phenoxy) is 1. The number of nitriles is 1. The standard InChI is InChI=1S/C15H18N2O/c1-17(11-15(10-16)5-6-15)9-12-2-3-14-13(8-12)4-7-18-14/h2-3,8H,4-7,9,11H2,1H3. The molecule has 3 nitrogen and oxygen atoms in total. The van der Waals surface area contributed by atoms with Crippen molar-refractivity contribution in [2.24, 2.45) is 5.41 Å². The molecule has 18 heavy (non-hydrogen) atoms. The lowest BCUT2D eigenvalue weighted by Crippen LogP contribution is -2.25. The van der Waals surface area contributed by atoms with Gasteiger partial charge in [0.1, 0.15) is 5.75 Å². The van der Waals surface area contributed by atoms with Gasteiger partial charge in [-0.15, -0.1) is 0 Å². The van der Waals surface area contributed by atoms with E-state index >= 15 is 0 Å². The molecule has 1 heterocycles. The van der Waals surface area contributed by atoms with Crippen LogP contribution in [0.5, 0.6) is 5.75 Å². The van der Waals surface area contributed by atoms with Gasteiger partial charge in [0.2, 0.25) is 0 Å². The van der Waals surface area contributed by atoms with Gasteiger partial charge in [-0.25, -0.2) is 0 Å². The lowest BCUT2D eigenvalue weighted by Gasteiger charge is -2.19. The van der Waals surface area contributed by atoms with Crippen LogP contribution in [-0.4, -0.2) is 25.1 Å². The molecule has 0 spiro atoms. The van der Waals surface area contributed by atoms with Gasteiger partial charge in [0.05, 0.1) is 18.1 Å². The Morgan fingerprint density at radius 3 is 3.00 bits per heavy atom. The molecule has 1 fully saturated rings. The highest BCUT2D eigenvalue weighted by Gasteiger charge is 2.43. The zero-order valence-electron chi connectivity index (χ0n) is 10.8. The van der Waals surface area contributed by atoms with Crippen LogP contribution in [0, 0.1) is 16.7 Å². The minimum absolute atomic E-state index is 0.0470. The number of hydrogen-bond donors (Lipinski definition) is 0. The van der Waals surface area contributed by atoms with Gasteiger partial charge in [-0.2, -0.15) is 5.26 Å². The first kappa shape index (κ1) is 11.6. The molecule has 2 aliphatic rings. The van der Waals surface area contributed by atoms with Gasteiger partial charge in [0, 0.05) is 19.5 Å². The van der Waals surface area contributed by atoms with Crippen molar-refractivity contribution in [2.75, 3.05) is 20.2 Å². The molecule has 0 amide bonds. The van der Waals surface area contributed by atoms with Gasteiger partial charge in [0.15, 0.2) is 0 Å². The van der Waals surface area contributed by atoms with Gasteiger partial charge in [-0.05, 0) is 37.1 Å². The van der Waals surface area contributed by atoms with Crippen LogP contribution in [0.25, 0.3) is 0 Å². The molecule has 0 saturated heterocycles. The fraction of sp³-hybridized carbons (Fsp3) is 0.533. The Labute approximate surface area is 108 Å². The summed E-state index contributed by atoms with van der Waals surface area (Å²) in [7, 11) is 2.10. The number of benzene rings is 1. The van der Waals surface area contributed by atoms with Crippen molar-refractivity contribution in [3.05, 3.63) is 29.3 Å². The molecule has 3 heteroatoms. The summed E-state index contributed by atoms with van der Waals surface area (Å²) >= 11 is 0. The van der Waals surface area contributed by atoms with E-state index in [1.165, 1.54) is 11.1 Å². The second-order valence-electron chi connectivity index (χ2n) is 5.60. The molecule has 3 rings (SSSR count). The van der Waals surface area contributed by atoms with E-state index in [9.17, 15) is 0 Å². The molecule has 0 bridgehead atoms. The summed E-state index contributed by atoms with van der Waals surface area (Å²) in [5.41, 5.74) is 2.59. The summed E-state index contributed by atoms with van der Waals surface area (Å²) in [6.45, 7) is 2.61. The predicted octanol–water partition coefficient (Wildman–Crippen LogP) is 2.36. The highest BCUT2D eigenvalue weighted by molar-refractivity contribution is 5.39. The minimum Gasteiger partial charge on any atom is -0.493 e. The van der Waals surface area contributed by atoms with E-state index in [1.54, 1.807) is 0 Å². The molecule has 0 atom stereocenters. The third-order valence-electron chi connectivity index (χ3n) is 3.87. The fourth-order valence-electron chi connectivity index (χ4n) is 2.68. The van der Waals surface area contributed by atoms with E-state index in [4.69, 9.17) is 10.00 Å². The number of rotatable bonds is 4. The molecule has 1 saturated carbocycles. The van der Waals surface area contributed by atoms with E-state index in [0.717, 1.165) is 44.7 Å². The Morgan fingerprint density at radius 2 is 2.28 bits per heavy atom. The number of hydrogen-bond acceptors (Lipinski definition) is 3. The Morgan fingerprint density at radius 1 is 1.44 bits per heavy atom. The quantitative estimate of drug-likeness (QED) is 0.813. The monoisotopic (exact) mass is 242 g/mol. The Hall–Kier alpha value is -1.53. The molecule has 1 aromatic carbocycles. The molecule has 0 N–H and O–H groups in total. The van der Waals surface area contributed by atoms with Crippen LogP contribution in [0.2, 0.25) is 0 Å². The summed E-state index contributed by atoms with van der Waals surface area (Å²) in [5.74, 6) is 1.04. The highest BCUT2D eigenvalue weighted by Crippen LogP contribution is 2.45. The van der Waals surface area contributed by atoms with Crippen LogP contribution in [0.15, 0.2) is 18.2 Å². The molecule has 0 unspecified atom stereocenters. The first-order valence-corrected chi connectivity index (χ1v) is 6.55. The Balaban J connectivity index is 1.64. The zero-order chi connectivity index (χ0) is 12.6. The van der Waals surface area contributed by atoms with E-state index in [-0.39, 0.29) is 5.41 Å². The second-order valence-corrected chi connectivity index (χ2v) is 5.60. The largest absolute Gasteiger partial charge is 0.493 e. The van der Waals surface area contributed by atoms with Crippen molar-refractivity contribution < 1.29 is 4.74 Å². The number of fused-ring (bicyclic) bond motifs is 1. The maximum absolute atomic E-state index is 9.11. The fourth-order valence-corrected chi connectivity index (χ4v) is 2.68. The van der Waals surface area contributed by atoms with E-state index in [1.807, 2.05) is 0 Å². The van der Waals surface area contributed by atoms with Crippen molar-refractivity contribution in [3.8, 4) is 11.8 Å². The van der Waals surface area contributed by atoms with Crippen molar-refractivity contribution in [2.45, 2.75) is 25.8 Å². The normalized spacial score (nSPS) is 19.2. The lowest BCUT2D eigenvalue weighted by molar-refractivity contribution is 0.286. The van der Waals surface area contributed by atoms with Crippen LogP contribution in [0.3, 0.4) is 0 Å². The van der Waals surface area contributed by atoms with Crippen molar-refractivity contribution >= 4 is 0 Å². The molecular formula is C15H18N2O. The summed E-state index contributed by atoms with van der Waals surface area (Å²) in [4.78, 5) is 2.26. The van der Waals surface area contributed by atoms with Crippen molar-refractivity contribution in [1.82, 2.24) is 4.90 Å². The maximum atomic E-state index is 9.11. The smallest absolute Gasteiger partial charge is 0.122 e. The third-order valence-corrected chi connectivity index (χ3v) is 3.87. The first-order chi connectivity index (χ1) is 8.71. The van der Waals surface area contributed by atoms with Crippen LogP contribution < -0.4 is 4.74 Å². The molecule has 1 aliphatic heterocycles. The van der Waals surface area contributed by atoms with Gasteiger partial charge >= 0.3 is 0 Å². The van der Waals surface area contributed by atoms with Crippen molar-refractivity contribution in [3.63, 3.8) is 0 Å². The minimum atomic E-state index is -0.0470. The SMILES string of the molecule is CN(Cc1ccc2c(c1)CCO2)CC1(C#N)CC1. The Kier molecular flexibility index (Phi) is 2.76. The lowest BCUT2D eigenvalue weighted by atomic mass is 10.1. The Bertz CT molecular complexity index is 500. The van der Waals surface area contributed by atoms with Gasteiger partial charge in [-0.1, -0.05) is 12.1 Å². The van der Waals surface area contributed by atoms with Crippen LogP contribution in [0.4, 0.5) is 0 Å². The molecule has 1 aliphatic carbocycles. The van der Waals surface area contributed by atoms with Crippen molar-refractivity contribution in [1.29, 1.82) is 5.26 Å². The zero-order valence-corrected chi connectivity index (χ0v) is 10.8. The second kappa shape index (κ2) is 4.29. The summed E-state index contributed by atoms with van der Waals surface area (Å²) in [6, 6.07) is 8.89. The van der Waals surface area contributed by atoms with Gasteiger partial charge in [0.25, 0.3) is 0 Å². The summed E-state index contributed by atoms with van der Waals surface area (Å²) in [6.07, 6.45) is 3.15. The molecule has 94 valence electrons. The van der Waals surface area contributed by atoms with Crippen LogP contribution in [0.1, 0.15) is 24.0 Å². The molecule has 1 aromatic rings. The van der Waals surface area contributed by atoms with Crippen LogP contribution >= 0.6 is 0 Å². The summed E-state index contributed by atoms with van der Waals surface area (Å²) in [5, 5.41) is 9.11. The average Bonchev–Trinajstić information content (AvgIpc) is 2.97. The highest BCUT2D eigenvalue weighted by atomic mass is 16.5. The number of nitrogens with zero attached hydrogens (tertiary/aromatic N) is 2. The van der Waals surface area contributed by atoms with E-state index in [2.05, 4.69) is 36.2 Å². The van der Waals surface area contributed by atoms with Gasteiger partial charge in [-0.3, -0.25) is 0 Å². The molecular weight excluding hydrogens is 224 g/mol. The van der Waals surface area contributed by atoms with Crippen LogP contribution in [-0.2, 0) is 13.0 Å². The summed E-state index contributed by atoms with van der Waals surface area (Å²) < 4.78 is 5.51. The van der Waals surface area contributed by atoms with Gasteiger partial charge < -0.3 is 9.64 Å². The average molecular weight is 242 g/mol. The molecule has 0 radical (unpaired) electrons. The molecule has 0 aromatic heterocycles. The topological polar surface area (TPSA) is 36.3 Å². The first-order valence-electron chi connectivity index (χ1n) is 6.55. The maximum Gasteiger partial charge on any atom is 0.122 e. The third kappa shape index (κ3) is 2.21. The predicted molar refractivity (Wildman–Crippen MR) is 69.3 cm³/mol. The van der Waals surface area contributed by atoms with E-state index in [0.29, 0.717) is 0 Å².